The highest BCUT2D eigenvalue weighted by molar-refractivity contribution is 5.77. The van der Waals surface area contributed by atoms with Gasteiger partial charge in [0.2, 0.25) is 0 Å². The Morgan fingerprint density at radius 3 is 2.29 bits per heavy atom. The van der Waals surface area contributed by atoms with Gasteiger partial charge in [0.25, 0.3) is 0 Å². The van der Waals surface area contributed by atoms with Gasteiger partial charge in [-0.3, -0.25) is 4.79 Å². The zero-order valence-corrected chi connectivity index (χ0v) is 9.71. The predicted molar refractivity (Wildman–Crippen MR) is 58.1 cm³/mol. The molecule has 0 saturated carbocycles. The number of hydrogen-bond acceptors (Lipinski definition) is 2. The monoisotopic (exact) mass is 201 g/mol. The number of nitrogens with two attached hydrogens (primary N) is 1. The van der Waals surface area contributed by atoms with Gasteiger partial charge in [0.15, 0.2) is 0 Å². The third-order valence-corrected chi connectivity index (χ3v) is 2.58. The van der Waals surface area contributed by atoms with E-state index in [-0.39, 0.29) is 0 Å². The molecule has 0 radical (unpaired) electrons. The van der Waals surface area contributed by atoms with Gasteiger partial charge >= 0.3 is 5.97 Å². The van der Waals surface area contributed by atoms with Crippen molar-refractivity contribution < 1.29 is 9.90 Å². The molecule has 0 aliphatic heterocycles. The summed E-state index contributed by atoms with van der Waals surface area (Å²) in [5, 5.41) is 8.89. The van der Waals surface area contributed by atoms with E-state index >= 15 is 0 Å². The molecule has 0 heterocycles. The quantitative estimate of drug-likeness (QED) is 0.692. The van der Waals surface area contributed by atoms with Crippen molar-refractivity contribution in [1.29, 1.82) is 0 Å². The lowest BCUT2D eigenvalue weighted by atomic mass is 9.83. The Hall–Kier alpha value is -0.570. The van der Waals surface area contributed by atoms with Crippen molar-refractivity contribution in [2.24, 2.45) is 17.6 Å². The van der Waals surface area contributed by atoms with Crippen molar-refractivity contribution in [2.45, 2.75) is 52.5 Å². The number of carboxylic acids is 1. The molecule has 0 aromatic carbocycles. The summed E-state index contributed by atoms with van der Waals surface area (Å²) in [7, 11) is 0. The summed E-state index contributed by atoms with van der Waals surface area (Å²) in [5.41, 5.74) is 4.64. The fourth-order valence-electron chi connectivity index (χ4n) is 1.75. The van der Waals surface area contributed by atoms with Crippen LogP contribution in [0.25, 0.3) is 0 Å². The summed E-state index contributed by atoms with van der Waals surface area (Å²) >= 11 is 0. The molecule has 2 atom stereocenters. The molecule has 3 N–H and O–H groups in total. The van der Waals surface area contributed by atoms with Crippen molar-refractivity contribution in [1.82, 2.24) is 0 Å². The minimum absolute atomic E-state index is 0.418. The second-order valence-corrected chi connectivity index (χ2v) is 4.83. The maximum Gasteiger partial charge on any atom is 0.323 e. The number of aliphatic carboxylic acids is 1. The highest BCUT2D eigenvalue weighted by atomic mass is 16.4. The largest absolute Gasteiger partial charge is 0.480 e. The van der Waals surface area contributed by atoms with Crippen molar-refractivity contribution in [2.75, 3.05) is 0 Å². The van der Waals surface area contributed by atoms with Crippen LogP contribution in [-0.4, -0.2) is 16.6 Å². The van der Waals surface area contributed by atoms with E-state index in [0.717, 1.165) is 12.8 Å². The van der Waals surface area contributed by atoms with Crippen LogP contribution in [0.5, 0.6) is 0 Å². The first kappa shape index (κ1) is 13.4. The lowest BCUT2D eigenvalue weighted by molar-refractivity contribution is -0.143. The molecule has 2 unspecified atom stereocenters. The van der Waals surface area contributed by atoms with E-state index in [4.69, 9.17) is 10.8 Å². The molecule has 0 fully saturated rings. The van der Waals surface area contributed by atoms with Gasteiger partial charge in [-0.05, 0) is 31.6 Å². The summed E-state index contributed by atoms with van der Waals surface area (Å²) in [6, 6.07) is 0. The van der Waals surface area contributed by atoms with Crippen LogP contribution in [0.15, 0.2) is 0 Å². The van der Waals surface area contributed by atoms with Crippen LogP contribution in [0.1, 0.15) is 47.0 Å². The second kappa shape index (κ2) is 5.35. The van der Waals surface area contributed by atoms with Gasteiger partial charge in [-0.2, -0.15) is 0 Å². The number of rotatable bonds is 6. The minimum Gasteiger partial charge on any atom is -0.480 e. The smallest absolute Gasteiger partial charge is 0.323 e. The molecule has 0 bridgehead atoms. The zero-order valence-electron chi connectivity index (χ0n) is 9.71. The molecule has 0 spiro atoms. The highest BCUT2D eigenvalue weighted by Crippen LogP contribution is 2.24. The molecular formula is C11H23NO2. The second-order valence-electron chi connectivity index (χ2n) is 4.83. The fourth-order valence-corrected chi connectivity index (χ4v) is 1.75. The zero-order chi connectivity index (χ0) is 11.4. The van der Waals surface area contributed by atoms with E-state index in [2.05, 4.69) is 20.8 Å². The van der Waals surface area contributed by atoms with Crippen LogP contribution in [0, 0.1) is 11.8 Å². The lowest BCUT2D eigenvalue weighted by Gasteiger charge is -2.26. The SMILES string of the molecule is CCC(CC(C)C)CC(C)(N)C(=O)O. The van der Waals surface area contributed by atoms with Crippen LogP contribution >= 0.6 is 0 Å². The third-order valence-electron chi connectivity index (χ3n) is 2.58. The summed E-state index contributed by atoms with van der Waals surface area (Å²) in [4.78, 5) is 10.8. The standard InChI is InChI=1S/C11H23NO2/c1-5-9(6-8(2)3)7-11(4,12)10(13)14/h8-9H,5-7,12H2,1-4H3,(H,13,14). The fraction of sp³-hybridized carbons (Fsp3) is 0.909. The first-order valence-corrected chi connectivity index (χ1v) is 5.31. The molecular weight excluding hydrogens is 178 g/mol. The Morgan fingerprint density at radius 1 is 1.50 bits per heavy atom. The first-order chi connectivity index (χ1) is 6.29. The molecule has 0 saturated heterocycles. The Balaban J connectivity index is 4.23. The Bertz CT molecular complexity index is 188. The van der Waals surface area contributed by atoms with E-state index in [1.807, 2.05) is 0 Å². The summed E-state index contributed by atoms with van der Waals surface area (Å²) in [5.74, 6) is 0.116. The van der Waals surface area contributed by atoms with E-state index in [1.54, 1.807) is 6.92 Å². The number of carboxylic acid groups (broad SMARTS) is 1. The summed E-state index contributed by atoms with van der Waals surface area (Å²) in [6.45, 7) is 7.98. The van der Waals surface area contributed by atoms with Crippen LogP contribution < -0.4 is 5.73 Å². The third kappa shape index (κ3) is 4.61. The topological polar surface area (TPSA) is 63.3 Å². The number of carbonyl (C=O) groups is 1. The molecule has 0 aliphatic rings. The average Bonchev–Trinajstić information content (AvgIpc) is 2.01. The van der Waals surface area contributed by atoms with E-state index in [0.29, 0.717) is 18.3 Å². The molecule has 0 aromatic heterocycles. The average molecular weight is 201 g/mol. The maximum atomic E-state index is 10.8. The van der Waals surface area contributed by atoms with Gasteiger partial charge in [-0.15, -0.1) is 0 Å². The molecule has 0 aliphatic carbocycles. The van der Waals surface area contributed by atoms with Crippen molar-refractivity contribution in [3.8, 4) is 0 Å². The van der Waals surface area contributed by atoms with Crippen molar-refractivity contribution in [3.63, 3.8) is 0 Å². The summed E-state index contributed by atoms with van der Waals surface area (Å²) < 4.78 is 0. The molecule has 0 aromatic rings. The lowest BCUT2D eigenvalue weighted by Crippen LogP contribution is -2.46. The van der Waals surface area contributed by atoms with E-state index in [1.165, 1.54) is 0 Å². The Labute approximate surface area is 86.7 Å². The van der Waals surface area contributed by atoms with Gasteiger partial charge in [0.1, 0.15) is 5.54 Å². The molecule has 3 heteroatoms. The Morgan fingerprint density at radius 2 is 2.00 bits per heavy atom. The van der Waals surface area contributed by atoms with Crippen molar-refractivity contribution >= 4 is 5.97 Å². The molecule has 84 valence electrons. The normalized spacial score (nSPS) is 17.9. The maximum absolute atomic E-state index is 10.8. The van der Waals surface area contributed by atoms with Crippen LogP contribution in [0.3, 0.4) is 0 Å². The molecule has 14 heavy (non-hydrogen) atoms. The number of hydrogen-bond donors (Lipinski definition) is 2. The van der Waals surface area contributed by atoms with Gasteiger partial charge in [-0.1, -0.05) is 27.2 Å². The van der Waals surface area contributed by atoms with Crippen LogP contribution in [-0.2, 0) is 4.79 Å². The minimum atomic E-state index is -1.07. The van der Waals surface area contributed by atoms with Gasteiger partial charge in [-0.25, -0.2) is 0 Å². The summed E-state index contributed by atoms with van der Waals surface area (Å²) in [6.07, 6.45) is 2.62. The highest BCUT2D eigenvalue weighted by Gasteiger charge is 2.30. The molecule has 3 nitrogen and oxygen atoms in total. The van der Waals surface area contributed by atoms with Gasteiger partial charge < -0.3 is 10.8 Å². The predicted octanol–water partition coefficient (Wildman–Crippen LogP) is 2.25. The molecule has 0 amide bonds. The molecule has 0 rings (SSSR count). The van der Waals surface area contributed by atoms with Crippen LogP contribution in [0.4, 0.5) is 0 Å². The van der Waals surface area contributed by atoms with Gasteiger partial charge in [0, 0.05) is 0 Å². The first-order valence-electron chi connectivity index (χ1n) is 5.31. The van der Waals surface area contributed by atoms with E-state index < -0.39 is 11.5 Å². The van der Waals surface area contributed by atoms with Crippen molar-refractivity contribution in [3.05, 3.63) is 0 Å². The van der Waals surface area contributed by atoms with E-state index in [9.17, 15) is 4.79 Å². The van der Waals surface area contributed by atoms with Crippen LogP contribution in [0.2, 0.25) is 0 Å². The Kier molecular flexibility index (Phi) is 5.13. The van der Waals surface area contributed by atoms with Gasteiger partial charge in [0.05, 0.1) is 0 Å².